The lowest BCUT2D eigenvalue weighted by Crippen LogP contribution is -2.22. The van der Waals surface area contributed by atoms with Crippen LogP contribution in [-0.2, 0) is 19.2 Å². The predicted octanol–water partition coefficient (Wildman–Crippen LogP) is 2.95. The van der Waals surface area contributed by atoms with Gasteiger partial charge in [-0.1, -0.05) is 78.9 Å². The molecular weight excluding hydrogens is 416 g/mol. The number of amides is 4. The summed E-state index contributed by atoms with van der Waals surface area (Å²) in [4.78, 5) is 48.7. The lowest BCUT2D eigenvalue weighted by atomic mass is 9.78. The van der Waals surface area contributed by atoms with E-state index in [4.69, 9.17) is 0 Å². The van der Waals surface area contributed by atoms with E-state index in [9.17, 15) is 19.2 Å². The van der Waals surface area contributed by atoms with Crippen LogP contribution in [-0.4, -0.2) is 23.6 Å². The molecular formula is C27H18N2O4. The van der Waals surface area contributed by atoms with Crippen molar-refractivity contribution in [1.82, 2.24) is 10.6 Å². The Morgan fingerprint density at radius 1 is 0.515 bits per heavy atom. The van der Waals surface area contributed by atoms with Crippen molar-refractivity contribution in [2.45, 2.75) is 5.92 Å². The second-order valence-corrected chi connectivity index (χ2v) is 7.77. The van der Waals surface area contributed by atoms with Crippen LogP contribution in [0.2, 0.25) is 0 Å². The van der Waals surface area contributed by atoms with E-state index < -0.39 is 23.6 Å². The third-order valence-corrected chi connectivity index (χ3v) is 5.77. The van der Waals surface area contributed by atoms with Gasteiger partial charge in [-0.3, -0.25) is 29.8 Å². The Balaban J connectivity index is 1.76. The Hall–Kier alpha value is -4.58. The first-order chi connectivity index (χ1) is 16.0. The van der Waals surface area contributed by atoms with Crippen LogP contribution in [0.1, 0.15) is 33.7 Å². The number of rotatable bonds is 5. The Bertz CT molecular complexity index is 1300. The monoisotopic (exact) mass is 434 g/mol. The van der Waals surface area contributed by atoms with Crippen molar-refractivity contribution in [2.24, 2.45) is 0 Å². The first kappa shape index (κ1) is 20.3. The van der Waals surface area contributed by atoms with Gasteiger partial charge in [0, 0.05) is 18.1 Å². The van der Waals surface area contributed by atoms with Gasteiger partial charge in [0.15, 0.2) is 0 Å². The molecule has 0 atom stereocenters. The average Bonchev–Trinajstić information content (AvgIpc) is 3.34. The summed E-state index contributed by atoms with van der Waals surface area (Å²) in [6.07, 6.45) is 2.61. The van der Waals surface area contributed by atoms with Gasteiger partial charge in [0.1, 0.15) is 0 Å². The number of carbonyl (C=O) groups is 4. The minimum absolute atomic E-state index is 0.294. The van der Waals surface area contributed by atoms with E-state index in [0.29, 0.717) is 22.3 Å². The SMILES string of the molecule is O=C1C=C(c2ccccc2C(c2ccccc2)c2ccccc2C2=CC(=O)NC2=O)C(=O)N1. The number of hydrogen-bond acceptors (Lipinski definition) is 4. The first-order valence-corrected chi connectivity index (χ1v) is 10.4. The minimum Gasteiger partial charge on any atom is -0.289 e. The molecule has 0 bridgehead atoms. The van der Waals surface area contributed by atoms with Gasteiger partial charge in [0.05, 0.1) is 11.1 Å². The van der Waals surface area contributed by atoms with E-state index in [1.54, 1.807) is 0 Å². The van der Waals surface area contributed by atoms with E-state index in [2.05, 4.69) is 10.6 Å². The van der Waals surface area contributed by atoms with Crippen molar-refractivity contribution in [1.29, 1.82) is 0 Å². The highest BCUT2D eigenvalue weighted by Gasteiger charge is 2.31. The molecule has 0 aliphatic carbocycles. The quantitative estimate of drug-likeness (QED) is 0.477. The molecule has 3 aromatic carbocycles. The maximum atomic E-state index is 12.5. The zero-order chi connectivity index (χ0) is 22.9. The first-order valence-electron chi connectivity index (χ1n) is 10.4. The van der Waals surface area contributed by atoms with Crippen LogP contribution in [0.25, 0.3) is 11.1 Å². The zero-order valence-corrected chi connectivity index (χ0v) is 17.4. The fourth-order valence-electron chi connectivity index (χ4n) is 4.38. The zero-order valence-electron chi connectivity index (χ0n) is 17.4. The van der Waals surface area contributed by atoms with Crippen LogP contribution < -0.4 is 10.6 Å². The van der Waals surface area contributed by atoms with Crippen molar-refractivity contribution in [2.75, 3.05) is 0 Å². The third-order valence-electron chi connectivity index (χ3n) is 5.77. The molecule has 0 fully saturated rings. The summed E-state index contributed by atoms with van der Waals surface area (Å²) in [6, 6.07) is 24.5. The second kappa shape index (κ2) is 8.16. The number of imide groups is 2. The van der Waals surface area contributed by atoms with Crippen LogP contribution in [0.3, 0.4) is 0 Å². The van der Waals surface area contributed by atoms with Crippen LogP contribution in [0, 0.1) is 0 Å². The molecule has 0 saturated carbocycles. The van der Waals surface area contributed by atoms with Crippen LogP contribution >= 0.6 is 0 Å². The van der Waals surface area contributed by atoms with Gasteiger partial charge >= 0.3 is 0 Å². The van der Waals surface area contributed by atoms with Gasteiger partial charge in [-0.05, 0) is 27.8 Å². The Morgan fingerprint density at radius 2 is 0.939 bits per heavy atom. The highest BCUT2D eigenvalue weighted by Crippen LogP contribution is 2.40. The van der Waals surface area contributed by atoms with Crippen LogP contribution in [0.15, 0.2) is 91.0 Å². The Morgan fingerprint density at radius 3 is 1.36 bits per heavy atom. The van der Waals surface area contributed by atoms with Crippen LogP contribution in [0.4, 0.5) is 0 Å². The maximum absolute atomic E-state index is 12.5. The molecule has 0 aromatic heterocycles. The highest BCUT2D eigenvalue weighted by atomic mass is 16.2. The Labute approximate surface area is 189 Å². The summed E-state index contributed by atoms with van der Waals surface area (Å²) in [7, 11) is 0. The molecule has 6 nitrogen and oxygen atoms in total. The number of hydrogen-bond donors (Lipinski definition) is 2. The normalized spacial score (nSPS) is 15.4. The number of carbonyl (C=O) groups excluding carboxylic acids is 4. The van der Waals surface area contributed by atoms with E-state index in [0.717, 1.165) is 16.7 Å². The predicted molar refractivity (Wildman–Crippen MR) is 123 cm³/mol. The molecule has 33 heavy (non-hydrogen) atoms. The summed E-state index contributed by atoms with van der Waals surface area (Å²) < 4.78 is 0. The lowest BCUT2D eigenvalue weighted by Gasteiger charge is -2.24. The summed E-state index contributed by atoms with van der Waals surface area (Å²) in [6.45, 7) is 0. The summed E-state index contributed by atoms with van der Waals surface area (Å²) >= 11 is 0. The molecule has 4 amide bonds. The molecule has 3 aromatic rings. The molecule has 160 valence electrons. The van der Waals surface area contributed by atoms with Gasteiger partial charge in [0.25, 0.3) is 23.6 Å². The van der Waals surface area contributed by atoms with Crippen molar-refractivity contribution in [3.8, 4) is 0 Å². The van der Waals surface area contributed by atoms with Gasteiger partial charge in [-0.15, -0.1) is 0 Å². The summed E-state index contributed by atoms with van der Waals surface area (Å²) in [5.74, 6) is -2.17. The molecule has 5 rings (SSSR count). The molecule has 6 heteroatoms. The molecule has 2 N–H and O–H groups in total. The molecule has 0 unspecified atom stereocenters. The summed E-state index contributed by atoms with van der Waals surface area (Å²) in [5, 5.41) is 4.62. The van der Waals surface area contributed by atoms with Crippen LogP contribution in [0.5, 0.6) is 0 Å². The smallest absolute Gasteiger partial charge is 0.258 e. The molecule has 0 spiro atoms. The molecule has 0 saturated heterocycles. The largest absolute Gasteiger partial charge is 0.289 e. The topological polar surface area (TPSA) is 92.3 Å². The van der Waals surface area contributed by atoms with Gasteiger partial charge in [-0.25, -0.2) is 0 Å². The molecule has 2 aliphatic rings. The fraction of sp³-hybridized carbons (Fsp3) is 0.0370. The molecule has 0 radical (unpaired) electrons. The van der Waals surface area contributed by atoms with Crippen molar-refractivity contribution in [3.05, 3.63) is 119 Å². The fourth-order valence-corrected chi connectivity index (χ4v) is 4.38. The molecule has 2 aliphatic heterocycles. The van der Waals surface area contributed by atoms with Crippen molar-refractivity contribution in [3.63, 3.8) is 0 Å². The Kier molecular flexibility index (Phi) is 5.03. The standard InChI is InChI=1S/C27H18N2O4/c30-23-14-21(26(32)28-23)17-10-4-6-12-19(17)25(16-8-2-1-3-9-16)20-13-7-5-11-18(20)22-15-24(31)29-27(22)33/h1-15,25H,(H,28,30,32)(H,29,31,33). The van der Waals surface area contributed by atoms with E-state index in [-0.39, 0.29) is 5.92 Å². The van der Waals surface area contributed by atoms with Gasteiger partial charge in [-0.2, -0.15) is 0 Å². The maximum Gasteiger partial charge on any atom is 0.258 e. The number of nitrogens with one attached hydrogen (secondary N) is 2. The second-order valence-electron chi connectivity index (χ2n) is 7.77. The summed E-state index contributed by atoms with van der Waals surface area (Å²) in [5.41, 5.74) is 4.39. The minimum atomic E-state index is -0.451. The van der Waals surface area contributed by atoms with Gasteiger partial charge in [0.2, 0.25) is 0 Å². The third kappa shape index (κ3) is 3.68. The lowest BCUT2D eigenvalue weighted by molar-refractivity contribution is -0.124. The molecule has 2 heterocycles. The average molecular weight is 434 g/mol. The van der Waals surface area contributed by atoms with Crippen molar-refractivity contribution >= 4 is 34.8 Å². The van der Waals surface area contributed by atoms with Crippen molar-refractivity contribution < 1.29 is 19.2 Å². The highest BCUT2D eigenvalue weighted by molar-refractivity contribution is 6.34. The van der Waals surface area contributed by atoms with Gasteiger partial charge < -0.3 is 0 Å². The van der Waals surface area contributed by atoms with E-state index in [1.807, 2.05) is 78.9 Å². The number of benzene rings is 3. The van der Waals surface area contributed by atoms with E-state index >= 15 is 0 Å². The van der Waals surface area contributed by atoms with E-state index in [1.165, 1.54) is 12.2 Å².